The molecule has 0 aliphatic rings. The molecular formula is C24H36N2O6. The minimum atomic E-state index is 0.0505. The zero-order valence-corrected chi connectivity index (χ0v) is 19.6. The monoisotopic (exact) mass is 448 g/mol. The average Bonchev–Trinajstić information content (AvgIpc) is 2.78. The van der Waals surface area contributed by atoms with E-state index >= 15 is 0 Å². The number of pyridine rings is 2. The summed E-state index contributed by atoms with van der Waals surface area (Å²) in [5, 5.41) is 19.0. The van der Waals surface area contributed by atoms with Gasteiger partial charge in [-0.15, -0.1) is 0 Å². The second-order valence-electron chi connectivity index (χ2n) is 6.97. The van der Waals surface area contributed by atoms with Crippen LogP contribution in [0.1, 0.15) is 51.7 Å². The van der Waals surface area contributed by atoms with E-state index in [0.29, 0.717) is 75.6 Å². The summed E-state index contributed by atoms with van der Waals surface area (Å²) in [5.41, 5.74) is 3.51. The van der Waals surface area contributed by atoms with Gasteiger partial charge in [-0.25, -0.2) is 0 Å². The molecule has 2 N–H and O–H groups in total. The second kappa shape index (κ2) is 13.8. The molecule has 2 aromatic rings. The lowest BCUT2D eigenvalue weighted by Crippen LogP contribution is -2.10. The standard InChI is InChI=1S/C24H36N2O6/c1-5-29-20-15-17(16-21(25-20)30-6-2)22-18(11-9-13-27)23(31-7-3)26-24(32-8-4)19(22)12-10-14-28/h15-16,27-28H,5-14H2,1-4H3. The Kier molecular flexibility index (Phi) is 11.0. The molecule has 0 fully saturated rings. The molecule has 2 rings (SSSR count). The van der Waals surface area contributed by atoms with Gasteiger partial charge in [0, 0.05) is 36.5 Å². The third kappa shape index (κ3) is 6.71. The van der Waals surface area contributed by atoms with Gasteiger partial charge in [0.15, 0.2) is 0 Å². The lowest BCUT2D eigenvalue weighted by molar-refractivity contribution is 0.278. The predicted molar refractivity (Wildman–Crippen MR) is 123 cm³/mol. The number of ether oxygens (including phenoxy) is 4. The molecule has 0 atom stereocenters. The van der Waals surface area contributed by atoms with Crippen LogP contribution in [-0.4, -0.2) is 59.8 Å². The number of hydrogen-bond donors (Lipinski definition) is 2. The van der Waals surface area contributed by atoms with Gasteiger partial charge >= 0.3 is 0 Å². The fourth-order valence-electron chi connectivity index (χ4n) is 3.53. The number of aromatic nitrogens is 2. The molecule has 2 aromatic heterocycles. The predicted octanol–water partition coefficient (Wildman–Crippen LogP) is 3.59. The van der Waals surface area contributed by atoms with Crippen LogP contribution < -0.4 is 18.9 Å². The first-order chi connectivity index (χ1) is 15.6. The summed E-state index contributed by atoms with van der Waals surface area (Å²) in [6, 6.07) is 3.75. The van der Waals surface area contributed by atoms with Crippen molar-refractivity contribution in [3.05, 3.63) is 23.3 Å². The molecular weight excluding hydrogens is 412 g/mol. The molecule has 0 spiro atoms. The average molecular weight is 449 g/mol. The van der Waals surface area contributed by atoms with Crippen LogP contribution in [-0.2, 0) is 12.8 Å². The Hall–Kier alpha value is -2.58. The molecule has 0 unspecified atom stereocenters. The van der Waals surface area contributed by atoms with Crippen molar-refractivity contribution >= 4 is 0 Å². The Morgan fingerprint density at radius 3 is 1.47 bits per heavy atom. The van der Waals surface area contributed by atoms with Gasteiger partial charge in [0.2, 0.25) is 23.5 Å². The van der Waals surface area contributed by atoms with Crippen LogP contribution in [0.5, 0.6) is 23.5 Å². The zero-order valence-electron chi connectivity index (χ0n) is 19.6. The molecule has 0 amide bonds. The number of nitrogens with zero attached hydrogens (tertiary/aromatic N) is 2. The van der Waals surface area contributed by atoms with Crippen LogP contribution in [0.15, 0.2) is 12.1 Å². The molecule has 0 radical (unpaired) electrons. The van der Waals surface area contributed by atoms with E-state index in [1.54, 1.807) is 0 Å². The highest BCUT2D eigenvalue weighted by Crippen LogP contribution is 2.41. The summed E-state index contributed by atoms with van der Waals surface area (Å²) in [6.07, 6.45) is 2.26. The van der Waals surface area contributed by atoms with Crippen molar-refractivity contribution in [1.29, 1.82) is 0 Å². The Bertz CT molecular complexity index is 783. The van der Waals surface area contributed by atoms with E-state index in [1.165, 1.54) is 0 Å². The van der Waals surface area contributed by atoms with E-state index in [-0.39, 0.29) is 13.2 Å². The zero-order chi connectivity index (χ0) is 23.3. The number of aliphatic hydroxyl groups is 2. The third-order valence-electron chi connectivity index (χ3n) is 4.71. The fraction of sp³-hybridized carbons (Fsp3) is 0.583. The van der Waals surface area contributed by atoms with Crippen molar-refractivity contribution in [2.24, 2.45) is 0 Å². The first-order valence-corrected chi connectivity index (χ1v) is 11.4. The highest BCUT2D eigenvalue weighted by atomic mass is 16.5. The quantitative estimate of drug-likeness (QED) is 0.426. The van der Waals surface area contributed by atoms with Crippen LogP contribution >= 0.6 is 0 Å². The van der Waals surface area contributed by atoms with Crippen LogP contribution in [0.25, 0.3) is 11.1 Å². The van der Waals surface area contributed by atoms with Crippen molar-refractivity contribution < 1.29 is 29.2 Å². The Balaban J connectivity index is 2.85. The Morgan fingerprint density at radius 2 is 1.09 bits per heavy atom. The van der Waals surface area contributed by atoms with Gasteiger partial charge in [-0.1, -0.05) is 0 Å². The van der Waals surface area contributed by atoms with E-state index in [4.69, 9.17) is 18.9 Å². The molecule has 0 bridgehead atoms. The van der Waals surface area contributed by atoms with E-state index in [2.05, 4.69) is 9.97 Å². The summed E-state index contributed by atoms with van der Waals surface area (Å²) < 4.78 is 23.2. The summed E-state index contributed by atoms with van der Waals surface area (Å²) >= 11 is 0. The van der Waals surface area contributed by atoms with Gasteiger partial charge in [-0.2, -0.15) is 9.97 Å². The summed E-state index contributed by atoms with van der Waals surface area (Å²) in [6.45, 7) is 9.57. The summed E-state index contributed by atoms with van der Waals surface area (Å²) in [5.74, 6) is 1.89. The van der Waals surface area contributed by atoms with Crippen molar-refractivity contribution in [2.75, 3.05) is 39.6 Å². The topological polar surface area (TPSA) is 103 Å². The first kappa shape index (κ1) is 25.7. The maximum atomic E-state index is 9.52. The summed E-state index contributed by atoms with van der Waals surface area (Å²) in [4.78, 5) is 9.11. The minimum absolute atomic E-state index is 0.0505. The van der Waals surface area contributed by atoms with Crippen molar-refractivity contribution in [3.63, 3.8) is 0 Å². The van der Waals surface area contributed by atoms with E-state index < -0.39 is 0 Å². The van der Waals surface area contributed by atoms with Crippen LogP contribution in [0.3, 0.4) is 0 Å². The van der Waals surface area contributed by atoms with Crippen LogP contribution in [0.2, 0.25) is 0 Å². The molecule has 32 heavy (non-hydrogen) atoms. The van der Waals surface area contributed by atoms with Gasteiger partial charge in [0.05, 0.1) is 26.4 Å². The van der Waals surface area contributed by atoms with Gasteiger partial charge in [-0.3, -0.25) is 0 Å². The minimum Gasteiger partial charge on any atom is -0.478 e. The highest BCUT2D eigenvalue weighted by Gasteiger charge is 2.24. The second-order valence-corrected chi connectivity index (χ2v) is 6.97. The van der Waals surface area contributed by atoms with Gasteiger partial charge in [0.25, 0.3) is 0 Å². The molecule has 178 valence electrons. The fourth-order valence-corrected chi connectivity index (χ4v) is 3.53. The SMILES string of the molecule is CCOc1cc(-c2c(CCCO)c(OCC)nc(OCC)c2CCCO)cc(OCC)n1. The Morgan fingerprint density at radius 1 is 0.656 bits per heavy atom. The molecule has 0 aromatic carbocycles. The maximum absolute atomic E-state index is 9.52. The molecule has 0 aliphatic carbocycles. The Labute approximate surface area is 190 Å². The van der Waals surface area contributed by atoms with Crippen molar-refractivity contribution in [2.45, 2.75) is 53.4 Å². The van der Waals surface area contributed by atoms with Gasteiger partial charge in [-0.05, 0) is 64.5 Å². The molecule has 2 heterocycles. The number of rotatable bonds is 15. The highest BCUT2D eigenvalue weighted by molar-refractivity contribution is 5.76. The van der Waals surface area contributed by atoms with Gasteiger partial charge in [0.1, 0.15) is 0 Å². The van der Waals surface area contributed by atoms with Gasteiger partial charge < -0.3 is 29.2 Å². The third-order valence-corrected chi connectivity index (χ3v) is 4.71. The molecule has 0 aliphatic heterocycles. The maximum Gasteiger partial charge on any atom is 0.220 e. The number of aliphatic hydroxyl groups excluding tert-OH is 2. The van der Waals surface area contributed by atoms with E-state index in [9.17, 15) is 10.2 Å². The van der Waals surface area contributed by atoms with E-state index in [1.807, 2.05) is 39.8 Å². The lowest BCUT2D eigenvalue weighted by atomic mass is 9.91. The smallest absolute Gasteiger partial charge is 0.220 e. The van der Waals surface area contributed by atoms with Crippen molar-refractivity contribution in [1.82, 2.24) is 9.97 Å². The van der Waals surface area contributed by atoms with Crippen molar-refractivity contribution in [3.8, 4) is 34.6 Å². The normalized spacial score (nSPS) is 10.8. The lowest BCUT2D eigenvalue weighted by Gasteiger charge is -2.22. The molecule has 8 nitrogen and oxygen atoms in total. The van der Waals surface area contributed by atoms with Crippen LogP contribution in [0.4, 0.5) is 0 Å². The summed E-state index contributed by atoms with van der Waals surface area (Å²) in [7, 11) is 0. The molecule has 0 saturated carbocycles. The van der Waals surface area contributed by atoms with Crippen LogP contribution in [0, 0.1) is 0 Å². The van der Waals surface area contributed by atoms with E-state index in [0.717, 1.165) is 22.3 Å². The molecule has 8 heteroatoms. The number of hydrogen-bond acceptors (Lipinski definition) is 8. The first-order valence-electron chi connectivity index (χ1n) is 11.4. The molecule has 0 saturated heterocycles. The largest absolute Gasteiger partial charge is 0.478 e.